The molecule has 1 aliphatic carbocycles. The quantitative estimate of drug-likeness (QED) is 0.720. The Hall–Kier alpha value is -0.580. The summed E-state index contributed by atoms with van der Waals surface area (Å²) in [5, 5.41) is 6.55. The van der Waals surface area contributed by atoms with Crippen LogP contribution < -0.4 is 0 Å². The minimum absolute atomic E-state index is 0.0462. The second-order valence-electron chi connectivity index (χ2n) is 6.25. The molecule has 2 aromatic rings. The molecule has 2 aliphatic rings. The molecule has 2 fully saturated rings. The first kappa shape index (κ1) is 14.0. The zero-order valence-electron chi connectivity index (χ0n) is 12.0. The van der Waals surface area contributed by atoms with Crippen molar-refractivity contribution < 1.29 is 4.74 Å². The molecule has 1 saturated heterocycles. The second-order valence-corrected chi connectivity index (χ2v) is 7.45. The number of nitrogens with zero attached hydrogens (tertiary/aromatic N) is 2. The molecular formula is C16H18BrClN2O. The molecule has 1 saturated carbocycles. The fraction of sp³-hybridized carbons (Fsp3) is 0.562. The number of hydrogen-bond acceptors (Lipinski definition) is 2. The van der Waals surface area contributed by atoms with Gasteiger partial charge in [-0.05, 0) is 65.1 Å². The van der Waals surface area contributed by atoms with Crippen LogP contribution >= 0.6 is 27.5 Å². The second kappa shape index (κ2) is 5.25. The van der Waals surface area contributed by atoms with E-state index in [9.17, 15) is 0 Å². The van der Waals surface area contributed by atoms with E-state index in [2.05, 4.69) is 34.0 Å². The van der Waals surface area contributed by atoms with E-state index in [1.807, 2.05) is 10.9 Å². The smallest absolute Gasteiger partial charge is 0.150 e. The van der Waals surface area contributed by atoms with Gasteiger partial charge in [-0.15, -0.1) is 0 Å². The van der Waals surface area contributed by atoms with Gasteiger partial charge in [0, 0.05) is 21.5 Å². The summed E-state index contributed by atoms with van der Waals surface area (Å²) in [6.45, 7) is 3.09. The van der Waals surface area contributed by atoms with Crippen molar-refractivity contribution in [3.63, 3.8) is 0 Å². The summed E-state index contributed by atoms with van der Waals surface area (Å²) in [6, 6.07) is 2.06. The van der Waals surface area contributed by atoms with Crippen molar-refractivity contribution in [1.82, 2.24) is 9.78 Å². The lowest BCUT2D eigenvalue weighted by Crippen LogP contribution is -2.18. The molecule has 1 aliphatic heterocycles. The van der Waals surface area contributed by atoms with E-state index in [4.69, 9.17) is 16.3 Å². The third-order valence-electron chi connectivity index (χ3n) is 4.74. The molecule has 3 nitrogen and oxygen atoms in total. The maximum absolute atomic E-state index is 6.56. The molecule has 1 aromatic carbocycles. The van der Waals surface area contributed by atoms with Crippen molar-refractivity contribution in [3.8, 4) is 0 Å². The predicted molar refractivity (Wildman–Crippen MR) is 87.8 cm³/mol. The van der Waals surface area contributed by atoms with E-state index in [-0.39, 0.29) is 6.23 Å². The highest BCUT2D eigenvalue weighted by atomic mass is 79.9. The summed E-state index contributed by atoms with van der Waals surface area (Å²) in [6.07, 6.45) is 6.56. The van der Waals surface area contributed by atoms with Crippen LogP contribution in [0.2, 0.25) is 5.02 Å². The first-order valence-electron chi connectivity index (χ1n) is 7.63. The van der Waals surface area contributed by atoms with Gasteiger partial charge in [-0.2, -0.15) is 5.10 Å². The zero-order chi connectivity index (χ0) is 14.6. The average Bonchev–Trinajstić information content (AvgIpc) is 3.03. The van der Waals surface area contributed by atoms with E-state index in [1.165, 1.54) is 18.4 Å². The Labute approximate surface area is 137 Å². The molecule has 1 aromatic heterocycles. The standard InChI is InChI=1S/C16H18BrClN2O/c1-9-6-10(9)15-12(18)7-13-11(16(15)17)8-19-20(13)14-4-2-3-5-21-14/h7-10,14H,2-6H2,1H3/t9-,10+,14-/m1/s1. The van der Waals surface area contributed by atoms with Gasteiger partial charge in [0.1, 0.15) is 0 Å². The largest absolute Gasteiger partial charge is 0.356 e. The molecule has 0 radical (unpaired) electrons. The van der Waals surface area contributed by atoms with Crippen LogP contribution in [0.4, 0.5) is 0 Å². The van der Waals surface area contributed by atoms with Crippen LogP contribution in [0, 0.1) is 5.92 Å². The van der Waals surface area contributed by atoms with E-state index >= 15 is 0 Å². The molecule has 0 bridgehead atoms. The van der Waals surface area contributed by atoms with E-state index < -0.39 is 0 Å². The number of hydrogen-bond donors (Lipinski definition) is 0. The number of benzene rings is 1. The lowest BCUT2D eigenvalue weighted by Gasteiger charge is -2.23. The molecule has 0 amide bonds. The van der Waals surface area contributed by atoms with Crippen LogP contribution in [-0.2, 0) is 4.74 Å². The fourth-order valence-electron chi connectivity index (χ4n) is 3.34. The van der Waals surface area contributed by atoms with Crippen LogP contribution in [0.25, 0.3) is 10.9 Å². The Bertz CT molecular complexity index is 693. The molecular weight excluding hydrogens is 352 g/mol. The topological polar surface area (TPSA) is 27.1 Å². The van der Waals surface area contributed by atoms with Gasteiger partial charge in [0.2, 0.25) is 0 Å². The molecule has 2 heterocycles. The highest BCUT2D eigenvalue weighted by Gasteiger charge is 2.37. The highest BCUT2D eigenvalue weighted by Crippen LogP contribution is 2.53. The monoisotopic (exact) mass is 368 g/mol. The minimum Gasteiger partial charge on any atom is -0.356 e. The van der Waals surface area contributed by atoms with Gasteiger partial charge in [-0.3, -0.25) is 0 Å². The molecule has 0 N–H and O–H groups in total. The van der Waals surface area contributed by atoms with Crippen molar-refractivity contribution in [2.24, 2.45) is 5.92 Å². The molecule has 4 rings (SSSR count). The van der Waals surface area contributed by atoms with Gasteiger partial charge in [0.05, 0.1) is 11.7 Å². The van der Waals surface area contributed by atoms with Crippen molar-refractivity contribution in [1.29, 1.82) is 0 Å². The predicted octanol–water partition coefficient (Wildman–Crippen LogP) is 5.27. The normalized spacial score (nSPS) is 29.0. The fourth-order valence-corrected chi connectivity index (χ4v) is 4.61. The zero-order valence-corrected chi connectivity index (χ0v) is 14.3. The van der Waals surface area contributed by atoms with Gasteiger partial charge in [0.15, 0.2) is 6.23 Å². The number of ether oxygens (including phenoxy) is 1. The van der Waals surface area contributed by atoms with E-state index in [0.717, 1.165) is 45.8 Å². The van der Waals surface area contributed by atoms with Gasteiger partial charge >= 0.3 is 0 Å². The Morgan fingerprint density at radius 3 is 2.90 bits per heavy atom. The molecule has 0 unspecified atom stereocenters. The molecule has 21 heavy (non-hydrogen) atoms. The maximum Gasteiger partial charge on any atom is 0.150 e. The Morgan fingerprint density at radius 2 is 2.24 bits per heavy atom. The molecule has 112 valence electrons. The lowest BCUT2D eigenvalue weighted by molar-refractivity contribution is -0.0366. The van der Waals surface area contributed by atoms with Crippen LogP contribution in [0.15, 0.2) is 16.7 Å². The molecule has 0 spiro atoms. The summed E-state index contributed by atoms with van der Waals surface area (Å²) in [5.41, 5.74) is 2.32. The average molecular weight is 370 g/mol. The molecule has 5 heteroatoms. The first-order chi connectivity index (χ1) is 10.2. The van der Waals surface area contributed by atoms with Crippen molar-refractivity contribution in [3.05, 3.63) is 27.3 Å². The van der Waals surface area contributed by atoms with Gasteiger partial charge in [0.25, 0.3) is 0 Å². The third-order valence-corrected chi connectivity index (χ3v) is 5.90. The third kappa shape index (κ3) is 2.32. The number of fused-ring (bicyclic) bond motifs is 1. The Balaban J connectivity index is 1.81. The van der Waals surface area contributed by atoms with Gasteiger partial charge < -0.3 is 4.74 Å². The Kier molecular flexibility index (Phi) is 3.51. The van der Waals surface area contributed by atoms with Crippen molar-refractivity contribution >= 4 is 38.4 Å². The number of aromatic nitrogens is 2. The number of halogens is 2. The maximum atomic E-state index is 6.56. The minimum atomic E-state index is 0.0462. The van der Waals surface area contributed by atoms with Gasteiger partial charge in [-0.25, -0.2) is 4.68 Å². The summed E-state index contributed by atoms with van der Waals surface area (Å²) >= 11 is 10.3. The summed E-state index contributed by atoms with van der Waals surface area (Å²) < 4.78 is 8.96. The van der Waals surface area contributed by atoms with E-state index in [0.29, 0.717) is 5.92 Å². The summed E-state index contributed by atoms with van der Waals surface area (Å²) in [7, 11) is 0. The van der Waals surface area contributed by atoms with Gasteiger partial charge in [-0.1, -0.05) is 18.5 Å². The molecule has 3 atom stereocenters. The highest BCUT2D eigenvalue weighted by molar-refractivity contribution is 9.10. The summed E-state index contributed by atoms with van der Waals surface area (Å²) in [5.74, 6) is 1.32. The Morgan fingerprint density at radius 1 is 1.43 bits per heavy atom. The van der Waals surface area contributed by atoms with E-state index in [1.54, 1.807) is 0 Å². The van der Waals surface area contributed by atoms with Crippen LogP contribution in [-0.4, -0.2) is 16.4 Å². The summed E-state index contributed by atoms with van der Waals surface area (Å²) in [4.78, 5) is 0. The first-order valence-corrected chi connectivity index (χ1v) is 8.80. The SMILES string of the molecule is C[C@@H]1C[C@@H]1c1c(Cl)cc2c(cnn2[C@H]2CCCCO2)c1Br. The van der Waals surface area contributed by atoms with Crippen molar-refractivity contribution in [2.75, 3.05) is 6.61 Å². The van der Waals surface area contributed by atoms with Crippen LogP contribution in [0.5, 0.6) is 0 Å². The van der Waals surface area contributed by atoms with Crippen LogP contribution in [0.3, 0.4) is 0 Å². The van der Waals surface area contributed by atoms with Crippen molar-refractivity contribution in [2.45, 2.75) is 44.8 Å². The van der Waals surface area contributed by atoms with Crippen LogP contribution in [0.1, 0.15) is 50.3 Å². The lowest BCUT2D eigenvalue weighted by atomic mass is 10.1. The number of rotatable bonds is 2.